The highest BCUT2D eigenvalue weighted by Crippen LogP contribution is 2.30. The third-order valence-corrected chi connectivity index (χ3v) is 3.26. The maximum absolute atomic E-state index is 12.6. The molecule has 0 aliphatic rings. The topological polar surface area (TPSA) is 74.3 Å². The molecule has 5 nitrogen and oxygen atoms in total. The molecular weight excluding hydrogens is 325 g/mol. The second-order valence-corrected chi connectivity index (χ2v) is 5.01. The first-order valence-corrected chi connectivity index (χ1v) is 7.06. The van der Waals surface area contributed by atoms with Crippen LogP contribution in [-0.4, -0.2) is 23.1 Å². The van der Waals surface area contributed by atoms with E-state index in [0.29, 0.717) is 11.3 Å². The number of halogens is 3. The Hall–Kier alpha value is -2.77. The Morgan fingerprint density at radius 2 is 1.79 bits per heavy atom. The number of hydrogen-bond acceptors (Lipinski definition) is 3. The minimum Gasteiger partial charge on any atom is -0.462 e. The van der Waals surface area contributed by atoms with E-state index in [0.717, 1.165) is 12.1 Å². The van der Waals surface area contributed by atoms with E-state index in [2.05, 4.69) is 0 Å². The Kier molecular flexibility index (Phi) is 4.96. The Morgan fingerprint density at radius 1 is 1.17 bits per heavy atom. The number of amides is 1. The molecule has 1 amide bonds. The van der Waals surface area contributed by atoms with Gasteiger partial charge in [0.05, 0.1) is 24.2 Å². The Labute approximate surface area is 135 Å². The average Bonchev–Trinajstić information content (AvgIpc) is 2.90. The lowest BCUT2D eigenvalue weighted by Gasteiger charge is -2.08. The summed E-state index contributed by atoms with van der Waals surface area (Å²) in [5, 5.41) is 0. The minimum atomic E-state index is -4.43. The summed E-state index contributed by atoms with van der Waals surface area (Å²) < 4.78 is 44.2. The van der Waals surface area contributed by atoms with Crippen LogP contribution in [0.3, 0.4) is 0 Å². The zero-order chi connectivity index (χ0) is 17.9. The maximum atomic E-state index is 12.6. The smallest absolute Gasteiger partial charge is 0.416 e. The number of nitrogens with zero attached hydrogens (tertiary/aromatic N) is 1. The third-order valence-electron chi connectivity index (χ3n) is 3.26. The number of carbonyl (C=O) groups is 2. The molecular formula is C16H15F3N2O3. The molecule has 2 rings (SSSR count). The second kappa shape index (κ2) is 6.77. The number of alkyl halides is 3. The summed E-state index contributed by atoms with van der Waals surface area (Å²) in [5.41, 5.74) is 5.28. The molecule has 0 atom stereocenters. The lowest BCUT2D eigenvalue weighted by atomic mass is 10.1. The van der Waals surface area contributed by atoms with Crippen LogP contribution in [0.2, 0.25) is 0 Å². The van der Waals surface area contributed by atoms with E-state index in [1.54, 1.807) is 6.92 Å². The summed E-state index contributed by atoms with van der Waals surface area (Å²) in [4.78, 5) is 23.1. The molecule has 0 saturated heterocycles. The van der Waals surface area contributed by atoms with E-state index in [1.165, 1.54) is 29.1 Å². The monoisotopic (exact) mass is 340 g/mol. The predicted molar refractivity (Wildman–Crippen MR) is 79.6 cm³/mol. The van der Waals surface area contributed by atoms with Crippen LogP contribution in [-0.2, 0) is 22.1 Å². The number of rotatable bonds is 5. The highest BCUT2D eigenvalue weighted by molar-refractivity contribution is 5.93. The first kappa shape index (κ1) is 17.6. The van der Waals surface area contributed by atoms with Gasteiger partial charge in [-0.15, -0.1) is 0 Å². The quantitative estimate of drug-likeness (QED) is 0.851. The highest BCUT2D eigenvalue weighted by atomic mass is 19.4. The van der Waals surface area contributed by atoms with Crippen molar-refractivity contribution in [3.63, 3.8) is 0 Å². The molecule has 0 aliphatic heterocycles. The van der Waals surface area contributed by atoms with Crippen LogP contribution in [0.5, 0.6) is 0 Å². The molecule has 0 aliphatic carbocycles. The number of esters is 1. The van der Waals surface area contributed by atoms with Crippen molar-refractivity contribution >= 4 is 11.9 Å². The molecule has 1 aromatic carbocycles. The first-order valence-electron chi connectivity index (χ1n) is 7.06. The molecule has 0 spiro atoms. The fourth-order valence-electron chi connectivity index (χ4n) is 2.19. The maximum Gasteiger partial charge on any atom is 0.416 e. The molecule has 24 heavy (non-hydrogen) atoms. The Bertz CT molecular complexity index is 749. The van der Waals surface area contributed by atoms with Crippen molar-refractivity contribution in [1.29, 1.82) is 0 Å². The molecule has 0 fully saturated rings. The normalized spacial score (nSPS) is 11.3. The summed E-state index contributed by atoms with van der Waals surface area (Å²) in [5.74, 6) is -1.26. The van der Waals surface area contributed by atoms with E-state index in [4.69, 9.17) is 10.5 Å². The lowest BCUT2D eigenvalue weighted by Crippen LogP contribution is -2.15. The second-order valence-electron chi connectivity index (χ2n) is 5.01. The van der Waals surface area contributed by atoms with Crippen LogP contribution in [0.1, 0.15) is 28.4 Å². The molecule has 1 aromatic heterocycles. The number of aromatic nitrogens is 1. The van der Waals surface area contributed by atoms with E-state index in [9.17, 15) is 22.8 Å². The van der Waals surface area contributed by atoms with Gasteiger partial charge in [0.2, 0.25) is 5.91 Å². The van der Waals surface area contributed by atoms with E-state index in [1.807, 2.05) is 0 Å². The molecule has 0 saturated carbocycles. The summed E-state index contributed by atoms with van der Waals surface area (Å²) in [6.07, 6.45) is -1.73. The van der Waals surface area contributed by atoms with Crippen LogP contribution >= 0.6 is 0 Å². The van der Waals surface area contributed by atoms with Gasteiger partial charge in [0.15, 0.2) is 0 Å². The zero-order valence-electron chi connectivity index (χ0n) is 12.8. The van der Waals surface area contributed by atoms with Crippen LogP contribution < -0.4 is 5.73 Å². The van der Waals surface area contributed by atoms with Gasteiger partial charge < -0.3 is 15.0 Å². The van der Waals surface area contributed by atoms with Crippen molar-refractivity contribution in [2.75, 3.05) is 6.61 Å². The molecule has 8 heteroatoms. The van der Waals surface area contributed by atoms with E-state index < -0.39 is 23.6 Å². The number of carbonyl (C=O) groups excluding carboxylic acids is 2. The van der Waals surface area contributed by atoms with Gasteiger partial charge in [-0.25, -0.2) is 4.79 Å². The lowest BCUT2D eigenvalue weighted by molar-refractivity contribution is -0.137. The molecule has 0 bridgehead atoms. The van der Waals surface area contributed by atoms with Gasteiger partial charge in [-0.3, -0.25) is 4.79 Å². The molecule has 1 heterocycles. The zero-order valence-corrected chi connectivity index (χ0v) is 12.8. The van der Waals surface area contributed by atoms with Gasteiger partial charge in [0.1, 0.15) is 0 Å². The van der Waals surface area contributed by atoms with Gasteiger partial charge in [-0.05, 0) is 36.8 Å². The van der Waals surface area contributed by atoms with Crippen molar-refractivity contribution in [3.05, 3.63) is 53.3 Å². The van der Waals surface area contributed by atoms with Gasteiger partial charge in [-0.1, -0.05) is 0 Å². The summed E-state index contributed by atoms with van der Waals surface area (Å²) in [6, 6.07) is 4.41. The number of primary amides is 1. The Balaban J connectivity index is 2.40. The van der Waals surface area contributed by atoms with Crippen molar-refractivity contribution < 1.29 is 27.5 Å². The van der Waals surface area contributed by atoms with Gasteiger partial charge in [0, 0.05) is 18.1 Å². The van der Waals surface area contributed by atoms with Crippen molar-refractivity contribution in [1.82, 2.24) is 4.57 Å². The highest BCUT2D eigenvalue weighted by Gasteiger charge is 2.30. The van der Waals surface area contributed by atoms with Crippen LogP contribution in [0.15, 0.2) is 36.7 Å². The molecule has 128 valence electrons. The third kappa shape index (κ3) is 3.95. The van der Waals surface area contributed by atoms with E-state index >= 15 is 0 Å². The standard InChI is InChI=1S/C16H15F3N2O3/c1-2-24-15(23)13-9-21(8-10(13)7-14(20)22)12-5-3-11(4-6-12)16(17,18)19/h3-6,8-9H,2,7H2,1H3,(H2,20,22). The van der Waals surface area contributed by atoms with Crippen LogP contribution in [0.4, 0.5) is 13.2 Å². The summed E-state index contributed by atoms with van der Waals surface area (Å²) in [7, 11) is 0. The summed E-state index contributed by atoms with van der Waals surface area (Å²) in [6.45, 7) is 1.79. The number of nitrogens with two attached hydrogens (primary N) is 1. The minimum absolute atomic E-state index is 0.149. The predicted octanol–water partition coefficient (Wildman–Crippen LogP) is 2.70. The van der Waals surface area contributed by atoms with Crippen LogP contribution in [0.25, 0.3) is 5.69 Å². The number of ether oxygens (including phenoxy) is 1. The van der Waals surface area contributed by atoms with E-state index in [-0.39, 0.29) is 18.6 Å². The SMILES string of the molecule is CCOC(=O)c1cn(-c2ccc(C(F)(F)F)cc2)cc1CC(N)=O. The average molecular weight is 340 g/mol. The number of benzene rings is 1. The van der Waals surface area contributed by atoms with Gasteiger partial charge in [0.25, 0.3) is 0 Å². The molecule has 0 unspecified atom stereocenters. The van der Waals surface area contributed by atoms with Crippen molar-refractivity contribution in [3.8, 4) is 5.69 Å². The van der Waals surface area contributed by atoms with Gasteiger partial charge >= 0.3 is 12.1 Å². The van der Waals surface area contributed by atoms with Crippen molar-refractivity contribution in [2.24, 2.45) is 5.73 Å². The van der Waals surface area contributed by atoms with Crippen molar-refractivity contribution in [2.45, 2.75) is 19.5 Å². The summed E-state index contributed by atoms with van der Waals surface area (Å²) >= 11 is 0. The van der Waals surface area contributed by atoms with Crippen LogP contribution in [0, 0.1) is 0 Å². The molecule has 0 radical (unpaired) electrons. The molecule has 2 N–H and O–H groups in total. The fourth-order valence-corrected chi connectivity index (χ4v) is 2.19. The Morgan fingerprint density at radius 3 is 2.29 bits per heavy atom. The fraction of sp³-hybridized carbons (Fsp3) is 0.250. The molecule has 2 aromatic rings. The first-order chi connectivity index (χ1) is 11.2. The number of hydrogen-bond donors (Lipinski definition) is 1. The van der Waals surface area contributed by atoms with Gasteiger partial charge in [-0.2, -0.15) is 13.2 Å². The largest absolute Gasteiger partial charge is 0.462 e.